The standard InChI is InChI=1S/C23H25N/c1-2-9-19(10-3-1)18-24-16-7-6-14-22(24)17-21-13-8-12-20-11-4-5-15-23(20)21/h1-5,8-13,15,22H,6-7,14,16-18H2. The van der Waals surface area contributed by atoms with Gasteiger partial charge in [0.1, 0.15) is 0 Å². The fourth-order valence-electron chi connectivity index (χ4n) is 4.04. The first-order valence-electron chi connectivity index (χ1n) is 9.15. The van der Waals surface area contributed by atoms with E-state index in [9.17, 15) is 0 Å². The fraction of sp³-hybridized carbons (Fsp3) is 0.304. The van der Waals surface area contributed by atoms with Crippen molar-refractivity contribution in [1.82, 2.24) is 4.90 Å². The van der Waals surface area contributed by atoms with Crippen LogP contribution < -0.4 is 0 Å². The molecule has 4 rings (SSSR count). The van der Waals surface area contributed by atoms with Crippen LogP contribution >= 0.6 is 0 Å². The quantitative estimate of drug-likeness (QED) is 0.620. The van der Waals surface area contributed by atoms with Crippen LogP contribution in [0.3, 0.4) is 0 Å². The van der Waals surface area contributed by atoms with Crippen LogP contribution in [-0.4, -0.2) is 17.5 Å². The molecule has 1 aliphatic heterocycles. The molecule has 1 unspecified atom stereocenters. The topological polar surface area (TPSA) is 3.24 Å². The van der Waals surface area contributed by atoms with E-state index in [1.54, 1.807) is 0 Å². The highest BCUT2D eigenvalue weighted by Crippen LogP contribution is 2.26. The van der Waals surface area contributed by atoms with E-state index in [-0.39, 0.29) is 0 Å². The number of benzene rings is 3. The molecule has 3 aromatic carbocycles. The summed E-state index contributed by atoms with van der Waals surface area (Å²) >= 11 is 0. The van der Waals surface area contributed by atoms with Gasteiger partial charge >= 0.3 is 0 Å². The minimum Gasteiger partial charge on any atom is -0.296 e. The lowest BCUT2D eigenvalue weighted by molar-refractivity contribution is 0.139. The molecule has 0 radical (unpaired) electrons. The maximum absolute atomic E-state index is 2.70. The number of rotatable bonds is 4. The minimum atomic E-state index is 0.657. The van der Waals surface area contributed by atoms with Gasteiger partial charge in [-0.3, -0.25) is 4.90 Å². The molecule has 0 amide bonds. The third-order valence-electron chi connectivity index (χ3n) is 5.31. The Morgan fingerprint density at radius 3 is 2.50 bits per heavy atom. The van der Waals surface area contributed by atoms with E-state index in [1.165, 1.54) is 47.7 Å². The third kappa shape index (κ3) is 3.37. The molecule has 0 saturated carbocycles. The van der Waals surface area contributed by atoms with Crippen molar-refractivity contribution in [2.45, 2.75) is 38.3 Å². The van der Waals surface area contributed by atoms with Crippen molar-refractivity contribution in [3.8, 4) is 0 Å². The van der Waals surface area contributed by atoms with E-state index in [2.05, 4.69) is 77.7 Å². The molecular weight excluding hydrogens is 290 g/mol. The molecular formula is C23H25N. The number of fused-ring (bicyclic) bond motifs is 1. The average molecular weight is 315 g/mol. The van der Waals surface area contributed by atoms with Gasteiger partial charge in [0.15, 0.2) is 0 Å². The molecule has 1 heterocycles. The molecule has 0 N–H and O–H groups in total. The highest BCUT2D eigenvalue weighted by atomic mass is 15.2. The highest BCUT2D eigenvalue weighted by molar-refractivity contribution is 5.85. The summed E-state index contributed by atoms with van der Waals surface area (Å²) in [6.45, 7) is 2.31. The molecule has 0 spiro atoms. The average Bonchev–Trinajstić information content (AvgIpc) is 2.64. The molecule has 1 heteroatoms. The van der Waals surface area contributed by atoms with Crippen molar-refractivity contribution in [1.29, 1.82) is 0 Å². The van der Waals surface area contributed by atoms with E-state index in [0.717, 1.165) is 13.0 Å². The number of nitrogens with zero attached hydrogens (tertiary/aromatic N) is 1. The SMILES string of the molecule is c1ccc(CN2CCCCC2Cc2cccc3ccccc23)cc1. The van der Waals surface area contributed by atoms with Crippen LogP contribution in [0, 0.1) is 0 Å². The van der Waals surface area contributed by atoms with Gasteiger partial charge in [0.05, 0.1) is 0 Å². The second kappa shape index (κ2) is 7.19. The Morgan fingerprint density at radius 2 is 1.58 bits per heavy atom. The predicted molar refractivity (Wildman–Crippen MR) is 102 cm³/mol. The maximum atomic E-state index is 2.70. The molecule has 1 atom stereocenters. The number of hydrogen-bond acceptors (Lipinski definition) is 1. The Balaban J connectivity index is 1.56. The first-order chi connectivity index (χ1) is 11.9. The lowest BCUT2D eigenvalue weighted by Crippen LogP contribution is -2.40. The predicted octanol–water partition coefficient (Wildman–Crippen LogP) is 5.44. The van der Waals surface area contributed by atoms with Gasteiger partial charge in [-0.2, -0.15) is 0 Å². The molecule has 1 aliphatic rings. The van der Waals surface area contributed by atoms with E-state index < -0.39 is 0 Å². The zero-order valence-electron chi connectivity index (χ0n) is 14.2. The van der Waals surface area contributed by atoms with Crippen molar-refractivity contribution in [2.75, 3.05) is 6.54 Å². The van der Waals surface area contributed by atoms with E-state index in [1.807, 2.05) is 0 Å². The van der Waals surface area contributed by atoms with Crippen molar-refractivity contribution in [2.24, 2.45) is 0 Å². The van der Waals surface area contributed by atoms with Crippen molar-refractivity contribution in [3.05, 3.63) is 83.9 Å². The van der Waals surface area contributed by atoms with Crippen LogP contribution in [0.15, 0.2) is 72.8 Å². The summed E-state index contributed by atoms with van der Waals surface area (Å²) in [4.78, 5) is 2.70. The zero-order valence-corrected chi connectivity index (χ0v) is 14.2. The second-order valence-electron chi connectivity index (χ2n) is 6.95. The zero-order chi connectivity index (χ0) is 16.2. The minimum absolute atomic E-state index is 0.657. The molecule has 0 aliphatic carbocycles. The van der Waals surface area contributed by atoms with Crippen LogP contribution in [0.1, 0.15) is 30.4 Å². The Hall–Kier alpha value is -2.12. The number of likely N-dealkylation sites (tertiary alicyclic amines) is 1. The van der Waals surface area contributed by atoms with E-state index in [0.29, 0.717) is 6.04 Å². The Labute approximate surface area is 144 Å². The van der Waals surface area contributed by atoms with Gasteiger partial charge in [-0.25, -0.2) is 0 Å². The molecule has 1 fully saturated rings. The number of piperidine rings is 1. The smallest absolute Gasteiger partial charge is 0.0236 e. The summed E-state index contributed by atoms with van der Waals surface area (Å²) in [5, 5.41) is 2.78. The van der Waals surface area contributed by atoms with Gasteiger partial charge < -0.3 is 0 Å². The molecule has 3 aromatic rings. The first kappa shape index (κ1) is 15.4. The molecule has 24 heavy (non-hydrogen) atoms. The summed E-state index contributed by atoms with van der Waals surface area (Å²) in [6, 6.07) is 27.1. The van der Waals surface area contributed by atoms with Crippen molar-refractivity contribution < 1.29 is 0 Å². The van der Waals surface area contributed by atoms with Crippen LogP contribution in [0.5, 0.6) is 0 Å². The summed E-state index contributed by atoms with van der Waals surface area (Å²) < 4.78 is 0. The van der Waals surface area contributed by atoms with Gasteiger partial charge in [-0.15, -0.1) is 0 Å². The summed E-state index contributed by atoms with van der Waals surface area (Å²) in [7, 11) is 0. The first-order valence-corrected chi connectivity index (χ1v) is 9.15. The second-order valence-corrected chi connectivity index (χ2v) is 6.95. The molecule has 0 bridgehead atoms. The van der Waals surface area contributed by atoms with Gasteiger partial charge in [0.25, 0.3) is 0 Å². The van der Waals surface area contributed by atoms with Crippen LogP contribution in [-0.2, 0) is 13.0 Å². The summed E-state index contributed by atoms with van der Waals surface area (Å²) in [6.07, 6.45) is 5.17. The van der Waals surface area contributed by atoms with Gasteiger partial charge in [0.2, 0.25) is 0 Å². The Kier molecular flexibility index (Phi) is 4.62. The molecule has 1 saturated heterocycles. The largest absolute Gasteiger partial charge is 0.296 e. The molecule has 1 nitrogen and oxygen atoms in total. The Bertz CT molecular complexity index is 788. The van der Waals surface area contributed by atoms with Gasteiger partial charge in [0, 0.05) is 12.6 Å². The van der Waals surface area contributed by atoms with Crippen LogP contribution in [0.25, 0.3) is 10.8 Å². The lowest BCUT2D eigenvalue weighted by Gasteiger charge is -2.36. The van der Waals surface area contributed by atoms with Crippen LogP contribution in [0.4, 0.5) is 0 Å². The number of hydrogen-bond donors (Lipinski definition) is 0. The summed E-state index contributed by atoms with van der Waals surface area (Å²) in [5.41, 5.74) is 2.93. The molecule has 0 aromatic heterocycles. The normalized spacial score (nSPS) is 18.8. The van der Waals surface area contributed by atoms with E-state index >= 15 is 0 Å². The fourth-order valence-corrected chi connectivity index (χ4v) is 4.04. The third-order valence-corrected chi connectivity index (χ3v) is 5.31. The monoisotopic (exact) mass is 315 g/mol. The van der Waals surface area contributed by atoms with Crippen LogP contribution in [0.2, 0.25) is 0 Å². The lowest BCUT2D eigenvalue weighted by atomic mass is 9.92. The van der Waals surface area contributed by atoms with Gasteiger partial charge in [-0.05, 0) is 47.7 Å². The maximum Gasteiger partial charge on any atom is 0.0236 e. The molecule has 122 valence electrons. The Morgan fingerprint density at radius 1 is 0.792 bits per heavy atom. The summed E-state index contributed by atoms with van der Waals surface area (Å²) in [5.74, 6) is 0. The van der Waals surface area contributed by atoms with Crippen molar-refractivity contribution in [3.63, 3.8) is 0 Å². The van der Waals surface area contributed by atoms with E-state index in [4.69, 9.17) is 0 Å². The van der Waals surface area contributed by atoms with Gasteiger partial charge in [-0.1, -0.05) is 79.2 Å². The van der Waals surface area contributed by atoms with Crippen molar-refractivity contribution >= 4 is 10.8 Å². The highest BCUT2D eigenvalue weighted by Gasteiger charge is 2.23.